The van der Waals surface area contributed by atoms with Gasteiger partial charge in [0.15, 0.2) is 5.78 Å². The Morgan fingerprint density at radius 3 is 2.19 bits per heavy atom. The monoisotopic (exact) mass is 290 g/mol. The Kier molecular flexibility index (Phi) is 4.11. The molecule has 0 spiro atoms. The van der Waals surface area contributed by atoms with Crippen molar-refractivity contribution in [2.24, 2.45) is 5.41 Å². The van der Waals surface area contributed by atoms with Gasteiger partial charge in [-0.3, -0.25) is 14.4 Å². The summed E-state index contributed by atoms with van der Waals surface area (Å²) in [7, 11) is 0. The minimum absolute atomic E-state index is 0.000509. The van der Waals surface area contributed by atoms with E-state index in [0.29, 0.717) is 11.1 Å². The fourth-order valence-electron chi connectivity index (χ4n) is 2.70. The molecule has 0 saturated heterocycles. The summed E-state index contributed by atoms with van der Waals surface area (Å²) in [5.41, 5.74) is -0.0341. The average molecular weight is 290 g/mol. The molecule has 0 N–H and O–H groups in total. The maximum atomic E-state index is 12.8. The van der Waals surface area contributed by atoms with Crippen molar-refractivity contribution in [1.29, 1.82) is 0 Å². The number of hydrogen-bond donors (Lipinski definition) is 0. The predicted molar refractivity (Wildman–Crippen MR) is 74.9 cm³/mol. The summed E-state index contributed by atoms with van der Waals surface area (Å²) in [6.07, 6.45) is 0.000509. The number of ether oxygens (including phenoxy) is 2. The fourth-order valence-corrected chi connectivity index (χ4v) is 2.70. The third-order valence-corrected chi connectivity index (χ3v) is 3.68. The second-order valence-electron chi connectivity index (χ2n) is 4.96. The van der Waals surface area contributed by atoms with Crippen LogP contribution in [0.3, 0.4) is 0 Å². The van der Waals surface area contributed by atoms with Crippen molar-refractivity contribution in [1.82, 2.24) is 0 Å². The Hall–Kier alpha value is -2.17. The van der Waals surface area contributed by atoms with E-state index in [4.69, 9.17) is 9.47 Å². The van der Waals surface area contributed by atoms with Crippen molar-refractivity contribution >= 4 is 17.7 Å². The molecule has 0 unspecified atom stereocenters. The maximum absolute atomic E-state index is 12.8. The molecule has 0 bridgehead atoms. The molecule has 0 heterocycles. The first-order valence-corrected chi connectivity index (χ1v) is 6.96. The number of esters is 2. The fraction of sp³-hybridized carbons (Fsp3) is 0.438. The van der Waals surface area contributed by atoms with Gasteiger partial charge in [0.2, 0.25) is 5.41 Å². The number of Topliss-reactive ketones (excluding diaryl/α,β-unsaturated/α-hetero) is 1. The molecule has 1 aromatic carbocycles. The molecule has 1 aliphatic rings. The van der Waals surface area contributed by atoms with Gasteiger partial charge in [0, 0.05) is 12.0 Å². The first kappa shape index (κ1) is 15.2. The number of carbonyl (C=O) groups is 3. The number of hydrogen-bond acceptors (Lipinski definition) is 5. The predicted octanol–water partition coefficient (Wildman–Crippen LogP) is 1.85. The van der Waals surface area contributed by atoms with Gasteiger partial charge in [0.1, 0.15) is 0 Å². The summed E-state index contributed by atoms with van der Waals surface area (Å²) in [6, 6.07) is 5.33. The number of aryl methyl sites for hydroxylation is 1. The lowest BCUT2D eigenvalue weighted by Crippen LogP contribution is -2.47. The normalized spacial score (nSPS) is 15.5. The molecule has 1 aliphatic carbocycles. The summed E-state index contributed by atoms with van der Waals surface area (Å²) in [4.78, 5) is 37.4. The summed E-state index contributed by atoms with van der Waals surface area (Å²) in [5.74, 6) is -2.18. The first-order chi connectivity index (χ1) is 9.98. The Labute approximate surface area is 123 Å². The number of fused-ring (bicyclic) bond motifs is 1. The van der Waals surface area contributed by atoms with Crippen molar-refractivity contribution in [3.63, 3.8) is 0 Å². The molecule has 1 aromatic rings. The maximum Gasteiger partial charge on any atom is 0.331 e. The van der Waals surface area contributed by atoms with Gasteiger partial charge >= 0.3 is 11.9 Å². The molecule has 112 valence electrons. The third kappa shape index (κ3) is 2.22. The summed E-state index contributed by atoms with van der Waals surface area (Å²) >= 11 is 0. The van der Waals surface area contributed by atoms with E-state index in [0.717, 1.165) is 5.56 Å². The van der Waals surface area contributed by atoms with Crippen molar-refractivity contribution in [2.75, 3.05) is 13.2 Å². The van der Waals surface area contributed by atoms with E-state index in [1.165, 1.54) is 0 Å². The van der Waals surface area contributed by atoms with Crippen LogP contribution >= 0.6 is 0 Å². The van der Waals surface area contributed by atoms with Crippen molar-refractivity contribution in [3.8, 4) is 0 Å². The van der Waals surface area contributed by atoms with Gasteiger partial charge < -0.3 is 9.47 Å². The highest BCUT2D eigenvalue weighted by molar-refractivity contribution is 6.28. The zero-order chi connectivity index (χ0) is 15.6. The van der Waals surface area contributed by atoms with E-state index in [1.807, 2.05) is 0 Å². The van der Waals surface area contributed by atoms with Crippen molar-refractivity contribution in [2.45, 2.75) is 27.2 Å². The van der Waals surface area contributed by atoms with Crippen LogP contribution in [-0.2, 0) is 25.5 Å². The van der Waals surface area contributed by atoms with E-state index in [2.05, 4.69) is 0 Å². The molecule has 0 fully saturated rings. The molecule has 0 radical (unpaired) electrons. The van der Waals surface area contributed by atoms with Gasteiger partial charge in [-0.05, 0) is 31.9 Å². The van der Waals surface area contributed by atoms with Gasteiger partial charge in [-0.1, -0.05) is 18.2 Å². The lowest BCUT2D eigenvalue weighted by atomic mass is 9.83. The zero-order valence-corrected chi connectivity index (χ0v) is 12.4. The third-order valence-electron chi connectivity index (χ3n) is 3.68. The van der Waals surface area contributed by atoms with Gasteiger partial charge in [0.25, 0.3) is 0 Å². The minimum Gasteiger partial charge on any atom is -0.465 e. The zero-order valence-electron chi connectivity index (χ0n) is 12.4. The first-order valence-electron chi connectivity index (χ1n) is 6.96. The Morgan fingerprint density at radius 1 is 1.14 bits per heavy atom. The van der Waals surface area contributed by atoms with Crippen LogP contribution in [0.5, 0.6) is 0 Å². The molecule has 2 rings (SSSR count). The largest absolute Gasteiger partial charge is 0.465 e. The molecular formula is C16H18O5. The van der Waals surface area contributed by atoms with Crippen molar-refractivity contribution in [3.05, 3.63) is 34.9 Å². The van der Waals surface area contributed by atoms with Crippen LogP contribution in [-0.4, -0.2) is 30.9 Å². The lowest BCUT2D eigenvalue weighted by Gasteiger charge is -2.22. The molecule has 0 aromatic heterocycles. The topological polar surface area (TPSA) is 69.7 Å². The Morgan fingerprint density at radius 2 is 1.71 bits per heavy atom. The number of carbonyl (C=O) groups excluding carboxylic acids is 3. The molecular weight excluding hydrogens is 272 g/mol. The molecule has 0 aliphatic heterocycles. The standard InChI is InChI=1S/C16H18O5/c1-4-20-14(18)16(15(19)21-5-2)9-11-8-6-7-10(3)12(11)13(16)17/h6-8H,4-5,9H2,1-3H3. The molecule has 5 nitrogen and oxygen atoms in total. The quantitative estimate of drug-likeness (QED) is 0.625. The smallest absolute Gasteiger partial charge is 0.331 e. The highest BCUT2D eigenvalue weighted by atomic mass is 16.6. The van der Waals surface area contributed by atoms with E-state index < -0.39 is 23.1 Å². The van der Waals surface area contributed by atoms with E-state index in [1.54, 1.807) is 39.0 Å². The number of ketones is 1. The minimum atomic E-state index is -1.89. The van der Waals surface area contributed by atoms with Crippen LogP contribution in [0.4, 0.5) is 0 Å². The summed E-state index contributed by atoms with van der Waals surface area (Å²) in [6.45, 7) is 5.25. The van der Waals surface area contributed by atoms with Gasteiger partial charge in [-0.15, -0.1) is 0 Å². The molecule has 21 heavy (non-hydrogen) atoms. The Balaban J connectivity index is 2.54. The van der Waals surface area contributed by atoms with Crippen LogP contribution in [0.15, 0.2) is 18.2 Å². The van der Waals surface area contributed by atoms with E-state index in [9.17, 15) is 14.4 Å². The second-order valence-corrected chi connectivity index (χ2v) is 4.96. The van der Waals surface area contributed by atoms with Crippen LogP contribution < -0.4 is 0 Å². The Bertz CT molecular complexity index is 585. The highest BCUT2D eigenvalue weighted by Gasteiger charge is 2.60. The van der Waals surface area contributed by atoms with E-state index in [-0.39, 0.29) is 19.6 Å². The van der Waals surface area contributed by atoms with Crippen LogP contribution in [0.1, 0.15) is 35.3 Å². The number of rotatable bonds is 4. The molecule has 0 amide bonds. The van der Waals surface area contributed by atoms with E-state index >= 15 is 0 Å². The number of benzene rings is 1. The summed E-state index contributed by atoms with van der Waals surface area (Å²) < 4.78 is 9.96. The van der Waals surface area contributed by atoms with Crippen LogP contribution in [0.2, 0.25) is 0 Å². The lowest BCUT2D eigenvalue weighted by molar-refractivity contribution is -0.167. The SMILES string of the molecule is CCOC(=O)C1(C(=O)OCC)Cc2cccc(C)c2C1=O. The second kappa shape index (κ2) is 5.68. The van der Waals surface area contributed by atoms with Crippen LogP contribution in [0.25, 0.3) is 0 Å². The average Bonchev–Trinajstić information content (AvgIpc) is 2.75. The van der Waals surface area contributed by atoms with Crippen molar-refractivity contribution < 1.29 is 23.9 Å². The van der Waals surface area contributed by atoms with Crippen LogP contribution in [0, 0.1) is 12.3 Å². The van der Waals surface area contributed by atoms with Gasteiger partial charge in [-0.2, -0.15) is 0 Å². The molecule has 5 heteroatoms. The molecule has 0 atom stereocenters. The van der Waals surface area contributed by atoms with Gasteiger partial charge in [0.05, 0.1) is 13.2 Å². The van der Waals surface area contributed by atoms with Gasteiger partial charge in [-0.25, -0.2) is 0 Å². The highest BCUT2D eigenvalue weighted by Crippen LogP contribution is 2.40. The molecule has 0 saturated carbocycles. The summed E-state index contributed by atoms with van der Waals surface area (Å²) in [5, 5.41) is 0.